The van der Waals surface area contributed by atoms with Crippen molar-refractivity contribution in [2.24, 2.45) is 5.73 Å². The van der Waals surface area contributed by atoms with E-state index in [1.165, 1.54) is 0 Å². The molecule has 0 radical (unpaired) electrons. The molecule has 0 saturated carbocycles. The molecule has 3 aromatic carbocycles. The highest BCUT2D eigenvalue weighted by molar-refractivity contribution is 6.04. The molecule has 0 unspecified atom stereocenters. The lowest BCUT2D eigenvalue weighted by atomic mass is 10.1. The van der Waals surface area contributed by atoms with Crippen LogP contribution < -0.4 is 21.1 Å². The van der Waals surface area contributed by atoms with Gasteiger partial charge in [-0.05, 0) is 115 Å². The first-order valence-corrected chi connectivity index (χ1v) is 20.8. The second kappa shape index (κ2) is 22.5. The SMILES string of the molecule is NCCCCOc1cc(CN(Cc2ccccn2)Cc2cccc(NC(=O)c3ccccc3)n2)cc(CN(Cc2ccccn2)Cc2cccc(NC(=O)c3ccccc3)n2)c1. The summed E-state index contributed by atoms with van der Waals surface area (Å²) >= 11 is 0. The molecule has 12 nitrogen and oxygen atoms in total. The number of anilines is 2. The van der Waals surface area contributed by atoms with E-state index in [0.29, 0.717) is 75.2 Å². The van der Waals surface area contributed by atoms with Gasteiger partial charge in [0.1, 0.15) is 17.4 Å². The number of carbonyl (C=O) groups excluding carboxylic acids is 2. The number of nitrogens with one attached hydrogen (secondary N) is 2. The number of pyridine rings is 4. The minimum absolute atomic E-state index is 0.216. The molecule has 0 atom stereocenters. The van der Waals surface area contributed by atoms with Crippen molar-refractivity contribution in [2.45, 2.75) is 52.1 Å². The minimum Gasteiger partial charge on any atom is -0.494 e. The van der Waals surface area contributed by atoms with Gasteiger partial charge in [0, 0.05) is 62.8 Å². The van der Waals surface area contributed by atoms with E-state index in [0.717, 1.165) is 52.5 Å². The lowest BCUT2D eigenvalue weighted by Crippen LogP contribution is -2.25. The summed E-state index contributed by atoms with van der Waals surface area (Å²) in [6.07, 6.45) is 5.33. The van der Waals surface area contributed by atoms with Crippen molar-refractivity contribution in [1.82, 2.24) is 29.7 Å². The monoisotopic (exact) mass is 825 g/mol. The van der Waals surface area contributed by atoms with E-state index in [2.05, 4.69) is 48.6 Å². The molecule has 0 fully saturated rings. The summed E-state index contributed by atoms with van der Waals surface area (Å²) in [4.78, 5) is 49.5. The predicted octanol–water partition coefficient (Wildman–Crippen LogP) is 8.29. The van der Waals surface area contributed by atoms with Crippen LogP contribution in [0, 0.1) is 0 Å². The molecule has 0 spiro atoms. The average Bonchev–Trinajstić information content (AvgIpc) is 3.29. The number of nitrogens with zero attached hydrogens (tertiary/aromatic N) is 6. The number of benzene rings is 3. The fourth-order valence-corrected chi connectivity index (χ4v) is 7.01. The quantitative estimate of drug-likeness (QED) is 0.0604. The molecule has 7 rings (SSSR count). The number of rotatable bonds is 21. The molecular weight excluding hydrogens is 775 g/mol. The number of aromatic nitrogens is 4. The molecule has 0 saturated heterocycles. The number of carbonyl (C=O) groups is 2. The summed E-state index contributed by atoms with van der Waals surface area (Å²) in [5.41, 5.74) is 12.5. The first-order valence-electron chi connectivity index (χ1n) is 20.8. The number of amides is 2. The number of ether oxygens (including phenoxy) is 1. The average molecular weight is 826 g/mol. The van der Waals surface area contributed by atoms with E-state index in [-0.39, 0.29) is 11.8 Å². The van der Waals surface area contributed by atoms with E-state index >= 15 is 0 Å². The largest absolute Gasteiger partial charge is 0.494 e. The Hall–Kier alpha value is -7.12. The van der Waals surface area contributed by atoms with Gasteiger partial charge >= 0.3 is 0 Å². The van der Waals surface area contributed by atoms with Gasteiger partial charge in [0.15, 0.2) is 0 Å². The van der Waals surface area contributed by atoms with Crippen molar-refractivity contribution in [3.8, 4) is 5.75 Å². The fraction of sp³-hybridized carbons (Fsp3) is 0.200. The maximum Gasteiger partial charge on any atom is 0.256 e. The van der Waals surface area contributed by atoms with Gasteiger partial charge in [0.25, 0.3) is 11.8 Å². The summed E-state index contributed by atoms with van der Waals surface area (Å²) in [5.74, 6) is 1.31. The van der Waals surface area contributed by atoms with Crippen molar-refractivity contribution >= 4 is 23.5 Å². The Morgan fingerprint density at radius 3 is 1.40 bits per heavy atom. The highest BCUT2D eigenvalue weighted by Crippen LogP contribution is 2.24. The molecular formula is C50H51N9O3. The Morgan fingerprint density at radius 2 is 0.952 bits per heavy atom. The second-order valence-electron chi connectivity index (χ2n) is 14.9. The molecule has 2 amide bonds. The van der Waals surface area contributed by atoms with Gasteiger partial charge < -0.3 is 21.1 Å². The van der Waals surface area contributed by atoms with Gasteiger partial charge in [0.05, 0.1) is 29.4 Å². The van der Waals surface area contributed by atoms with E-state index in [1.807, 2.05) is 97.1 Å². The van der Waals surface area contributed by atoms with Crippen LogP contribution in [0.1, 0.15) is 67.5 Å². The van der Waals surface area contributed by atoms with Crippen LogP contribution in [0.4, 0.5) is 11.6 Å². The van der Waals surface area contributed by atoms with Crippen molar-refractivity contribution in [2.75, 3.05) is 23.8 Å². The zero-order valence-corrected chi connectivity index (χ0v) is 34.6. The number of hydrogen-bond acceptors (Lipinski definition) is 10. The smallest absolute Gasteiger partial charge is 0.256 e. The molecule has 0 aliphatic heterocycles. The van der Waals surface area contributed by atoms with Gasteiger partial charge in [-0.1, -0.05) is 66.7 Å². The molecule has 0 bridgehead atoms. The third kappa shape index (κ3) is 13.4. The zero-order chi connectivity index (χ0) is 42.8. The van der Waals surface area contributed by atoms with Crippen LogP contribution in [0.5, 0.6) is 5.75 Å². The number of nitrogens with two attached hydrogens (primary N) is 1. The Labute approximate surface area is 362 Å². The third-order valence-corrected chi connectivity index (χ3v) is 9.87. The normalized spacial score (nSPS) is 11.1. The van der Waals surface area contributed by atoms with Crippen LogP contribution in [-0.4, -0.2) is 54.7 Å². The highest BCUT2D eigenvalue weighted by Gasteiger charge is 2.17. The molecule has 314 valence electrons. The summed E-state index contributed by atoms with van der Waals surface area (Å²) in [6.45, 7) is 4.41. The molecule has 7 aromatic rings. The summed E-state index contributed by atoms with van der Waals surface area (Å²) < 4.78 is 6.38. The summed E-state index contributed by atoms with van der Waals surface area (Å²) in [5, 5.41) is 5.90. The van der Waals surface area contributed by atoms with Crippen molar-refractivity contribution in [3.05, 3.63) is 209 Å². The Bertz CT molecular complexity index is 2310. The lowest BCUT2D eigenvalue weighted by Gasteiger charge is -2.25. The Balaban J connectivity index is 1.14. The Morgan fingerprint density at radius 1 is 0.500 bits per heavy atom. The van der Waals surface area contributed by atoms with Crippen molar-refractivity contribution in [3.63, 3.8) is 0 Å². The maximum atomic E-state index is 13.0. The van der Waals surface area contributed by atoms with Crippen LogP contribution in [0.2, 0.25) is 0 Å². The van der Waals surface area contributed by atoms with Crippen LogP contribution >= 0.6 is 0 Å². The van der Waals surface area contributed by atoms with E-state index in [1.54, 1.807) is 48.8 Å². The minimum atomic E-state index is -0.216. The van der Waals surface area contributed by atoms with Crippen LogP contribution in [0.3, 0.4) is 0 Å². The van der Waals surface area contributed by atoms with Crippen molar-refractivity contribution < 1.29 is 14.3 Å². The first kappa shape index (κ1) is 43.0. The van der Waals surface area contributed by atoms with Gasteiger partial charge in [0.2, 0.25) is 0 Å². The fourth-order valence-electron chi connectivity index (χ4n) is 7.01. The lowest BCUT2D eigenvalue weighted by molar-refractivity contribution is 0.101. The second-order valence-corrected chi connectivity index (χ2v) is 14.9. The maximum absolute atomic E-state index is 13.0. The highest BCUT2D eigenvalue weighted by atomic mass is 16.5. The molecule has 4 N–H and O–H groups in total. The molecule has 0 aliphatic carbocycles. The zero-order valence-electron chi connectivity index (χ0n) is 34.6. The van der Waals surface area contributed by atoms with E-state index in [9.17, 15) is 9.59 Å². The molecule has 0 aliphatic rings. The van der Waals surface area contributed by atoms with Gasteiger partial charge in [-0.15, -0.1) is 0 Å². The van der Waals surface area contributed by atoms with Gasteiger partial charge in [-0.2, -0.15) is 0 Å². The molecule has 12 heteroatoms. The van der Waals surface area contributed by atoms with Gasteiger partial charge in [-0.3, -0.25) is 29.4 Å². The van der Waals surface area contributed by atoms with Crippen LogP contribution in [0.15, 0.2) is 164 Å². The van der Waals surface area contributed by atoms with E-state index < -0.39 is 0 Å². The van der Waals surface area contributed by atoms with Crippen molar-refractivity contribution in [1.29, 1.82) is 0 Å². The summed E-state index contributed by atoms with van der Waals surface area (Å²) in [7, 11) is 0. The Kier molecular flexibility index (Phi) is 15.6. The topological polar surface area (TPSA) is 151 Å². The standard InChI is InChI=1S/C50H51N9O3/c51-25-9-12-28-62-46-30-38(32-58(34-42-19-7-10-26-52-42)36-44-21-13-23-47(54-44)56-49(60)40-15-3-1-4-16-40)29-39(31-46)33-59(35-43-20-8-11-27-53-43)37-45-22-14-24-48(55-45)57-50(61)41-17-5-2-6-18-41/h1-8,10-11,13-24,26-27,29-31H,9,12,25,28,32-37,51H2,(H,54,56,60)(H,55,57,61). The molecule has 4 heterocycles. The van der Waals surface area contributed by atoms with Gasteiger partial charge in [-0.25, -0.2) is 9.97 Å². The van der Waals surface area contributed by atoms with Crippen LogP contribution in [-0.2, 0) is 39.3 Å². The summed E-state index contributed by atoms with van der Waals surface area (Å²) in [6, 6.07) is 47.8. The first-order chi connectivity index (χ1) is 30.5. The molecule has 62 heavy (non-hydrogen) atoms. The van der Waals surface area contributed by atoms with E-state index in [4.69, 9.17) is 20.4 Å². The third-order valence-electron chi connectivity index (χ3n) is 9.87. The van der Waals surface area contributed by atoms with Crippen LogP contribution in [0.25, 0.3) is 0 Å². The molecule has 4 aromatic heterocycles. The predicted molar refractivity (Wildman–Crippen MR) is 242 cm³/mol. The number of hydrogen-bond donors (Lipinski definition) is 3. The number of unbranched alkanes of at least 4 members (excludes halogenated alkanes) is 1.